The number of nitrogens with zero attached hydrogens (tertiary/aromatic N) is 2. The average molecular weight is 606 g/mol. The van der Waals surface area contributed by atoms with Crippen molar-refractivity contribution in [3.63, 3.8) is 0 Å². The Morgan fingerprint density at radius 2 is 1.73 bits per heavy atom. The van der Waals surface area contributed by atoms with Gasteiger partial charge in [0, 0.05) is 12.0 Å². The van der Waals surface area contributed by atoms with E-state index in [0.29, 0.717) is 29.1 Å². The lowest BCUT2D eigenvalue weighted by Crippen LogP contribution is -2.60. The summed E-state index contributed by atoms with van der Waals surface area (Å²) >= 11 is 0. The number of carbonyl (C=O) groups is 1. The smallest absolute Gasteiger partial charge is 0.222 e. The van der Waals surface area contributed by atoms with E-state index in [1.165, 1.54) is 50.5 Å². The summed E-state index contributed by atoms with van der Waals surface area (Å²) in [6.07, 6.45) is 14.9. The monoisotopic (exact) mass is 605 g/mol. The van der Waals surface area contributed by atoms with Crippen molar-refractivity contribution in [2.45, 2.75) is 104 Å². The third-order valence-corrected chi connectivity index (χ3v) is 14.6. The lowest BCUT2D eigenvalue weighted by atomic mass is 9.44. The first-order valence-corrected chi connectivity index (χ1v) is 18.2. The topological polar surface area (TPSA) is 60.8 Å². The quantitative estimate of drug-likeness (QED) is 0.301. The second-order valence-electron chi connectivity index (χ2n) is 16.6. The zero-order valence-electron chi connectivity index (χ0n) is 28.1. The van der Waals surface area contributed by atoms with Crippen molar-refractivity contribution in [2.24, 2.45) is 46.3 Å². The molecule has 2 N–H and O–H groups in total. The molecule has 9 atom stereocenters. The summed E-state index contributed by atoms with van der Waals surface area (Å²) in [5.74, 6) is 4.96. The van der Waals surface area contributed by atoms with E-state index in [2.05, 4.69) is 56.5 Å². The molecule has 244 valence electrons. The summed E-state index contributed by atoms with van der Waals surface area (Å²) in [5, 5.41) is 20.3. The highest BCUT2D eigenvalue weighted by Gasteiger charge is 2.60. The Labute approximate surface area is 267 Å². The maximum Gasteiger partial charge on any atom is 0.222 e. The number of hydrogen-bond donors (Lipinski definition) is 2. The molecule has 5 aliphatic rings. The predicted octanol–water partition coefficient (Wildman–Crippen LogP) is 6.92. The van der Waals surface area contributed by atoms with Gasteiger partial charge in [-0.15, -0.1) is 0 Å². The van der Waals surface area contributed by atoms with Crippen molar-refractivity contribution < 1.29 is 19.5 Å². The molecular weight excluding hydrogens is 544 g/mol. The van der Waals surface area contributed by atoms with Crippen molar-refractivity contribution in [3.8, 4) is 0 Å². The van der Waals surface area contributed by atoms with Crippen LogP contribution in [-0.2, 0) is 11.3 Å². The largest absolute Gasteiger partial charge is 0.393 e. The fraction of sp³-hybridized carbons (Fsp3) is 0.769. The number of aliphatic hydroxyl groups excluding tert-OH is 2. The van der Waals surface area contributed by atoms with Crippen LogP contribution in [0.3, 0.4) is 0 Å². The van der Waals surface area contributed by atoms with Crippen LogP contribution in [0.1, 0.15) is 103 Å². The van der Waals surface area contributed by atoms with Crippen LogP contribution in [0, 0.1) is 46.3 Å². The molecular formula is C39H61N2O3+. The number of quaternary nitrogens is 1. The number of carbonyl (C=O) groups excluding carboxylic acids is 1. The van der Waals surface area contributed by atoms with Gasteiger partial charge >= 0.3 is 0 Å². The van der Waals surface area contributed by atoms with E-state index < -0.39 is 0 Å². The zero-order valence-corrected chi connectivity index (χ0v) is 28.1. The molecule has 1 aromatic rings. The van der Waals surface area contributed by atoms with E-state index in [0.717, 1.165) is 98.2 Å². The Morgan fingerprint density at radius 3 is 2.43 bits per heavy atom. The molecule has 1 heterocycles. The highest BCUT2D eigenvalue weighted by Crippen LogP contribution is 2.68. The van der Waals surface area contributed by atoms with Crippen LogP contribution in [0.2, 0.25) is 0 Å². The molecule has 1 saturated heterocycles. The lowest BCUT2D eigenvalue weighted by molar-refractivity contribution is -0.944. The Morgan fingerprint density at radius 1 is 1.02 bits per heavy atom. The normalized spacial score (nSPS) is 38.7. The number of hydrogen-bond acceptors (Lipinski definition) is 3. The van der Waals surface area contributed by atoms with Crippen LogP contribution < -0.4 is 0 Å². The molecule has 6 rings (SSSR count). The van der Waals surface area contributed by atoms with Crippen LogP contribution in [0.25, 0.3) is 6.08 Å². The minimum absolute atomic E-state index is 0.0643. The molecule has 4 saturated carbocycles. The third-order valence-electron chi connectivity index (χ3n) is 14.6. The second kappa shape index (κ2) is 12.8. The molecule has 1 aromatic carbocycles. The van der Waals surface area contributed by atoms with Gasteiger partial charge in [-0.05, 0) is 116 Å². The molecule has 44 heavy (non-hydrogen) atoms. The van der Waals surface area contributed by atoms with Gasteiger partial charge < -0.3 is 19.6 Å². The van der Waals surface area contributed by atoms with E-state index in [1.54, 1.807) is 0 Å². The zero-order chi connectivity index (χ0) is 31.1. The Bertz CT molecular complexity index is 1160. The standard InChI is InChI=1S/C39H61N2O3/c1-5-29-7-9-30(10-8-29)27-41(24-25-42)22-20-40(21-23-41)37(44)15-6-28(2)34-13-14-35-33-12-11-31-26-32(43)16-18-38(31,3)36(33)17-19-39(34,35)4/h5,7-10,28,31-36,42-43H,1,6,11-27H2,2-4H3/q+1/t28-,31?,32-,33?,34-,35?,36?,38+,39-/m1/s1. The summed E-state index contributed by atoms with van der Waals surface area (Å²) in [6.45, 7) is 16.8. The molecule has 0 radical (unpaired) electrons. The molecule has 5 fully saturated rings. The van der Waals surface area contributed by atoms with Crippen molar-refractivity contribution >= 4 is 12.0 Å². The minimum atomic E-state index is -0.0643. The minimum Gasteiger partial charge on any atom is -0.393 e. The molecule has 0 bridgehead atoms. The van der Waals surface area contributed by atoms with E-state index >= 15 is 0 Å². The molecule has 1 aliphatic heterocycles. The van der Waals surface area contributed by atoms with Crippen LogP contribution in [0.4, 0.5) is 0 Å². The van der Waals surface area contributed by atoms with Gasteiger partial charge in [0.05, 0.1) is 38.9 Å². The first-order chi connectivity index (χ1) is 21.1. The summed E-state index contributed by atoms with van der Waals surface area (Å²) in [5.41, 5.74) is 3.29. The summed E-state index contributed by atoms with van der Waals surface area (Å²) in [6, 6.07) is 8.59. The lowest BCUT2D eigenvalue weighted by Gasteiger charge is -2.61. The molecule has 0 aromatic heterocycles. The molecule has 5 heteroatoms. The molecule has 0 spiro atoms. The summed E-state index contributed by atoms with van der Waals surface area (Å²) in [4.78, 5) is 15.6. The predicted molar refractivity (Wildman–Crippen MR) is 178 cm³/mol. The fourth-order valence-corrected chi connectivity index (χ4v) is 11.9. The molecule has 1 amide bonds. The Hall–Kier alpha value is -1.69. The maximum atomic E-state index is 13.5. The van der Waals surface area contributed by atoms with Gasteiger partial charge in [-0.25, -0.2) is 0 Å². The summed E-state index contributed by atoms with van der Waals surface area (Å²) in [7, 11) is 0. The van der Waals surface area contributed by atoms with Crippen molar-refractivity contribution in [1.82, 2.24) is 4.90 Å². The molecule has 4 unspecified atom stereocenters. The number of fused-ring (bicyclic) bond motifs is 5. The number of rotatable bonds is 9. The highest BCUT2D eigenvalue weighted by molar-refractivity contribution is 5.76. The van der Waals surface area contributed by atoms with Gasteiger partial charge in [-0.1, -0.05) is 57.7 Å². The molecule has 5 nitrogen and oxygen atoms in total. The van der Waals surface area contributed by atoms with Gasteiger partial charge in [0.1, 0.15) is 13.1 Å². The van der Waals surface area contributed by atoms with E-state index in [1.807, 2.05) is 6.08 Å². The van der Waals surface area contributed by atoms with Crippen LogP contribution in [-0.4, -0.2) is 70.9 Å². The van der Waals surface area contributed by atoms with E-state index in [9.17, 15) is 15.0 Å². The van der Waals surface area contributed by atoms with Gasteiger partial charge in [0.2, 0.25) is 5.91 Å². The molecule has 4 aliphatic carbocycles. The second-order valence-corrected chi connectivity index (χ2v) is 16.6. The van der Waals surface area contributed by atoms with E-state index in [-0.39, 0.29) is 12.7 Å². The van der Waals surface area contributed by atoms with Crippen LogP contribution in [0.5, 0.6) is 0 Å². The first kappa shape index (κ1) is 32.3. The maximum absolute atomic E-state index is 13.5. The van der Waals surface area contributed by atoms with E-state index in [4.69, 9.17) is 0 Å². The van der Waals surface area contributed by atoms with Gasteiger partial charge in [-0.3, -0.25) is 4.79 Å². The first-order valence-electron chi connectivity index (χ1n) is 18.2. The third kappa shape index (κ3) is 5.95. The van der Waals surface area contributed by atoms with Gasteiger partial charge in [0.25, 0.3) is 0 Å². The highest BCUT2D eigenvalue weighted by atomic mass is 16.3. The van der Waals surface area contributed by atoms with Crippen LogP contribution >= 0.6 is 0 Å². The number of amides is 1. The fourth-order valence-electron chi connectivity index (χ4n) is 11.9. The Kier molecular flexibility index (Phi) is 9.41. The number of benzene rings is 1. The SMILES string of the molecule is C=Cc1ccc(C[N+]2(CCO)CCN(C(=O)CC[C@@H](C)[C@H]3CCC4C5CCC6C[C@H](O)CC[C@]6(C)C5CC[C@@]43C)CC2)cc1. The van der Waals surface area contributed by atoms with Gasteiger partial charge in [0.15, 0.2) is 0 Å². The average Bonchev–Trinajstić information content (AvgIpc) is 3.38. The summed E-state index contributed by atoms with van der Waals surface area (Å²) < 4.78 is 0.856. The number of piperazine rings is 1. The number of aliphatic hydroxyl groups is 2. The Balaban J connectivity index is 1.02. The van der Waals surface area contributed by atoms with Crippen molar-refractivity contribution in [1.29, 1.82) is 0 Å². The van der Waals surface area contributed by atoms with Gasteiger partial charge in [-0.2, -0.15) is 0 Å². The van der Waals surface area contributed by atoms with Crippen LogP contribution in [0.15, 0.2) is 30.8 Å². The van der Waals surface area contributed by atoms with Crippen molar-refractivity contribution in [3.05, 3.63) is 42.0 Å². The van der Waals surface area contributed by atoms with Crippen molar-refractivity contribution in [2.75, 3.05) is 39.3 Å².